The van der Waals surface area contributed by atoms with Crippen molar-refractivity contribution in [3.8, 4) is 0 Å². The number of aliphatic hydroxyl groups is 2. The molecule has 4 nitrogen and oxygen atoms in total. The van der Waals surface area contributed by atoms with E-state index in [1.54, 1.807) is 0 Å². The Labute approximate surface area is 44.8 Å². The Morgan fingerprint density at radius 1 is 1.57 bits per heavy atom. The molecule has 0 aliphatic carbocycles. The zero-order valence-electron chi connectivity index (χ0n) is 3.20. The van der Waals surface area contributed by atoms with Crippen molar-refractivity contribution >= 4 is 18.6 Å². The van der Waals surface area contributed by atoms with Gasteiger partial charge in [-0.15, -0.1) is 12.6 Å². The van der Waals surface area contributed by atoms with Crippen molar-refractivity contribution in [2.45, 2.75) is 5.12 Å². The molecule has 0 aromatic heterocycles. The molecule has 7 heavy (non-hydrogen) atoms. The molecule has 0 unspecified atom stereocenters. The number of carbonyl (C=O) groups is 1. The van der Waals surface area contributed by atoms with Gasteiger partial charge in [0.2, 0.25) is 0 Å². The fraction of sp³-hybridized carbons (Fsp3) is 0.500. The lowest BCUT2D eigenvalue weighted by Gasteiger charge is -2.04. The number of hydrogen-bond acceptors (Lipinski definition) is 4. The molecule has 0 aliphatic heterocycles. The van der Waals surface area contributed by atoms with E-state index in [0.29, 0.717) is 0 Å². The third-order valence-electron chi connectivity index (χ3n) is 0.287. The van der Waals surface area contributed by atoms with Crippen LogP contribution in [0.15, 0.2) is 0 Å². The van der Waals surface area contributed by atoms with Crippen LogP contribution in [0.3, 0.4) is 0 Å². The summed E-state index contributed by atoms with van der Waals surface area (Å²) in [5.74, 6) is -1.78. The Bertz CT molecular complexity index is 82.2. The lowest BCUT2D eigenvalue weighted by atomic mass is 10.7. The van der Waals surface area contributed by atoms with E-state index in [0.717, 1.165) is 0 Å². The average Bonchev–Trinajstić information content (AvgIpc) is 1.31. The summed E-state index contributed by atoms with van der Waals surface area (Å²) in [4.78, 5) is 9.44. The monoisotopic (exact) mass is 124 g/mol. The van der Waals surface area contributed by atoms with E-state index in [2.05, 4.69) is 12.6 Å². The summed E-state index contributed by atoms with van der Waals surface area (Å²) in [7, 11) is 0. The summed E-state index contributed by atoms with van der Waals surface area (Å²) in [6.07, 6.45) is 0. The van der Waals surface area contributed by atoms with Gasteiger partial charge in [-0.1, -0.05) is 0 Å². The third kappa shape index (κ3) is 2.44. The van der Waals surface area contributed by atoms with Crippen molar-refractivity contribution in [2.24, 2.45) is 0 Å². The zero-order chi connectivity index (χ0) is 6.08. The minimum absolute atomic E-state index is 1.78. The van der Waals surface area contributed by atoms with Gasteiger partial charge in [0.25, 0.3) is 0 Å². The Hall–Kier alpha value is -0.260. The smallest absolute Gasteiger partial charge is 0.375 e. The fourth-order valence-corrected chi connectivity index (χ4v) is 0. The number of aliphatic carboxylic acids is 1. The molecular formula is C2H4O4S. The van der Waals surface area contributed by atoms with Crippen molar-refractivity contribution < 1.29 is 20.1 Å². The number of hydrogen-bond donors (Lipinski definition) is 4. The lowest BCUT2D eigenvalue weighted by Crippen LogP contribution is -2.30. The SMILES string of the molecule is O=C(O)C(O)(O)S. The first-order valence-corrected chi connectivity index (χ1v) is 1.80. The molecule has 0 saturated heterocycles. The second kappa shape index (κ2) is 1.69. The summed E-state index contributed by atoms with van der Waals surface area (Å²) in [6, 6.07) is 0. The summed E-state index contributed by atoms with van der Waals surface area (Å²) in [5, 5.41) is 20.6. The second-order valence-corrected chi connectivity index (χ2v) is 1.56. The van der Waals surface area contributed by atoms with Crippen molar-refractivity contribution in [2.75, 3.05) is 0 Å². The molecule has 0 fully saturated rings. The van der Waals surface area contributed by atoms with E-state index in [1.165, 1.54) is 0 Å². The van der Waals surface area contributed by atoms with Crippen LogP contribution in [0.4, 0.5) is 0 Å². The van der Waals surface area contributed by atoms with Gasteiger partial charge in [0.15, 0.2) is 0 Å². The van der Waals surface area contributed by atoms with Gasteiger partial charge < -0.3 is 15.3 Å². The van der Waals surface area contributed by atoms with Crippen LogP contribution >= 0.6 is 12.6 Å². The van der Waals surface area contributed by atoms with Crippen LogP contribution < -0.4 is 0 Å². The van der Waals surface area contributed by atoms with Crippen molar-refractivity contribution in [1.82, 2.24) is 0 Å². The molecule has 0 saturated carbocycles. The standard InChI is InChI=1S/C2H4O4S/c3-1(4)2(5,6)7/h5-7H,(H,3,4). The van der Waals surface area contributed by atoms with E-state index < -0.39 is 11.1 Å². The summed E-state index contributed by atoms with van der Waals surface area (Å²) >= 11 is 2.86. The normalized spacial score (nSPS) is 11.3. The van der Waals surface area contributed by atoms with Crippen LogP contribution in [-0.4, -0.2) is 26.4 Å². The Kier molecular flexibility index (Phi) is 1.63. The topological polar surface area (TPSA) is 77.8 Å². The Balaban J connectivity index is 3.79. The summed E-state index contributed by atoms with van der Waals surface area (Å²) in [6.45, 7) is 0. The first-order valence-electron chi connectivity index (χ1n) is 1.35. The maximum absolute atomic E-state index is 9.44. The first kappa shape index (κ1) is 6.74. The highest BCUT2D eigenvalue weighted by atomic mass is 32.1. The van der Waals surface area contributed by atoms with Crippen molar-refractivity contribution in [3.63, 3.8) is 0 Å². The second-order valence-electron chi connectivity index (χ2n) is 0.941. The molecule has 42 valence electrons. The van der Waals surface area contributed by atoms with Gasteiger partial charge in [-0.25, -0.2) is 4.79 Å². The van der Waals surface area contributed by atoms with Crippen LogP contribution in [0.5, 0.6) is 0 Å². The van der Waals surface area contributed by atoms with Gasteiger partial charge in [0, 0.05) is 0 Å². The van der Waals surface area contributed by atoms with Gasteiger partial charge in [-0.3, -0.25) is 0 Å². The van der Waals surface area contributed by atoms with E-state index >= 15 is 0 Å². The first-order chi connectivity index (χ1) is 2.94. The molecule has 0 bridgehead atoms. The number of carboxylic acid groups (broad SMARTS) is 1. The fourth-order valence-electron chi connectivity index (χ4n) is 0. The van der Waals surface area contributed by atoms with Gasteiger partial charge >= 0.3 is 11.1 Å². The Morgan fingerprint density at radius 3 is 1.71 bits per heavy atom. The molecule has 3 N–H and O–H groups in total. The molecule has 0 amide bonds. The molecule has 0 radical (unpaired) electrons. The average molecular weight is 124 g/mol. The minimum Gasteiger partial charge on any atom is -0.477 e. The Morgan fingerprint density at radius 2 is 1.71 bits per heavy atom. The molecule has 0 aliphatic rings. The quantitative estimate of drug-likeness (QED) is 0.257. The van der Waals surface area contributed by atoms with E-state index in [1.807, 2.05) is 0 Å². The van der Waals surface area contributed by atoms with Crippen molar-refractivity contribution in [1.29, 1.82) is 0 Å². The van der Waals surface area contributed by atoms with Crippen LogP contribution in [0.25, 0.3) is 0 Å². The molecule has 0 rings (SSSR count). The van der Waals surface area contributed by atoms with Crippen LogP contribution in [0.1, 0.15) is 0 Å². The molecule has 0 heterocycles. The minimum atomic E-state index is -2.89. The highest BCUT2D eigenvalue weighted by molar-refractivity contribution is 7.82. The van der Waals surface area contributed by atoms with Crippen LogP contribution in [-0.2, 0) is 4.79 Å². The van der Waals surface area contributed by atoms with Gasteiger partial charge in [0.05, 0.1) is 0 Å². The van der Waals surface area contributed by atoms with Gasteiger partial charge in [-0.2, -0.15) is 0 Å². The molecule has 0 spiro atoms. The maximum Gasteiger partial charge on any atom is 0.375 e. The molecular weight excluding hydrogens is 120 g/mol. The van der Waals surface area contributed by atoms with Gasteiger partial charge in [-0.05, 0) is 0 Å². The number of thiol groups is 1. The van der Waals surface area contributed by atoms with E-state index in [-0.39, 0.29) is 0 Å². The predicted molar refractivity (Wildman–Crippen MR) is 23.8 cm³/mol. The third-order valence-corrected chi connectivity index (χ3v) is 0.478. The zero-order valence-corrected chi connectivity index (χ0v) is 4.09. The highest BCUT2D eigenvalue weighted by Crippen LogP contribution is 2.01. The summed E-state index contributed by atoms with van der Waals surface area (Å²) in [5.41, 5.74) is 0. The van der Waals surface area contributed by atoms with Crippen molar-refractivity contribution in [3.05, 3.63) is 0 Å². The highest BCUT2D eigenvalue weighted by Gasteiger charge is 2.26. The maximum atomic E-state index is 9.44. The lowest BCUT2D eigenvalue weighted by molar-refractivity contribution is -0.173. The largest absolute Gasteiger partial charge is 0.477 e. The number of carboxylic acids is 1. The molecule has 0 atom stereocenters. The van der Waals surface area contributed by atoms with E-state index in [9.17, 15) is 4.79 Å². The van der Waals surface area contributed by atoms with Gasteiger partial charge in [0.1, 0.15) is 0 Å². The summed E-state index contributed by atoms with van der Waals surface area (Å²) < 4.78 is 0. The predicted octanol–water partition coefficient (Wildman–Crippen LogP) is -1.36. The number of rotatable bonds is 1. The van der Waals surface area contributed by atoms with E-state index in [4.69, 9.17) is 15.3 Å². The molecule has 0 aromatic rings. The molecule has 0 aromatic carbocycles. The molecule has 5 heteroatoms. The van der Waals surface area contributed by atoms with Crippen LogP contribution in [0.2, 0.25) is 0 Å². The van der Waals surface area contributed by atoms with Crippen LogP contribution in [0, 0.1) is 0 Å².